The van der Waals surface area contributed by atoms with E-state index in [1.807, 2.05) is 13.0 Å². The van der Waals surface area contributed by atoms with E-state index in [9.17, 15) is 9.59 Å². The molecule has 3 rings (SSSR count). The van der Waals surface area contributed by atoms with E-state index in [1.165, 1.54) is 6.26 Å². The molecule has 2 aromatic heterocycles. The van der Waals surface area contributed by atoms with E-state index in [0.717, 1.165) is 35.8 Å². The Morgan fingerprint density at radius 3 is 2.81 bits per heavy atom. The molecule has 1 fully saturated rings. The van der Waals surface area contributed by atoms with Crippen LogP contribution in [-0.4, -0.2) is 27.4 Å². The highest BCUT2D eigenvalue weighted by Crippen LogP contribution is 2.35. The predicted octanol–water partition coefficient (Wildman–Crippen LogP) is 1.44. The smallest absolute Gasteiger partial charge is 0.314 e. The van der Waals surface area contributed by atoms with Crippen molar-refractivity contribution in [3.8, 4) is 0 Å². The van der Waals surface area contributed by atoms with Gasteiger partial charge in [0.15, 0.2) is 0 Å². The van der Waals surface area contributed by atoms with Gasteiger partial charge in [0.05, 0.1) is 11.4 Å². The number of carbonyl (C=O) groups is 2. The number of amides is 2. The van der Waals surface area contributed by atoms with Crippen molar-refractivity contribution < 1.29 is 14.1 Å². The second-order valence-corrected chi connectivity index (χ2v) is 5.85. The maximum absolute atomic E-state index is 11.8. The van der Waals surface area contributed by atoms with Crippen molar-refractivity contribution in [2.24, 2.45) is 0 Å². The lowest BCUT2D eigenvalue weighted by Gasteiger charge is -2.34. The Kier molecular flexibility index (Phi) is 3.70. The largest absolute Gasteiger partial charge is 0.365 e. The Morgan fingerprint density at radius 1 is 1.38 bits per heavy atom. The molecule has 2 aromatic rings. The van der Waals surface area contributed by atoms with Crippen molar-refractivity contribution in [2.45, 2.75) is 31.7 Å². The maximum atomic E-state index is 11.8. The third-order valence-electron chi connectivity index (χ3n) is 3.42. The molecule has 1 aliphatic carbocycles. The monoisotopic (exact) mass is 306 g/mol. The predicted molar refractivity (Wildman–Crippen MR) is 75.9 cm³/mol. The van der Waals surface area contributed by atoms with E-state index < -0.39 is 11.8 Å². The van der Waals surface area contributed by atoms with Gasteiger partial charge in [-0.15, -0.1) is 0 Å². The zero-order valence-corrected chi connectivity index (χ0v) is 12.1. The SMILES string of the molecule is Cc1cc(NC(=O)C(=O)NC2CC(c3ccon3)C2)sn1. The minimum Gasteiger partial charge on any atom is -0.365 e. The Labute approximate surface area is 124 Å². The fraction of sp³-hybridized carbons (Fsp3) is 0.385. The third kappa shape index (κ3) is 3.10. The summed E-state index contributed by atoms with van der Waals surface area (Å²) in [6.07, 6.45) is 3.07. The highest BCUT2D eigenvalue weighted by molar-refractivity contribution is 7.10. The zero-order valence-electron chi connectivity index (χ0n) is 11.3. The second kappa shape index (κ2) is 5.65. The minimum atomic E-state index is -0.663. The lowest BCUT2D eigenvalue weighted by molar-refractivity contribution is -0.137. The maximum Gasteiger partial charge on any atom is 0.314 e. The number of hydrogen-bond donors (Lipinski definition) is 2. The Balaban J connectivity index is 1.45. The molecule has 0 unspecified atom stereocenters. The number of carbonyl (C=O) groups excluding carboxylic acids is 2. The van der Waals surface area contributed by atoms with E-state index in [4.69, 9.17) is 4.52 Å². The van der Waals surface area contributed by atoms with Crippen LogP contribution in [0.25, 0.3) is 0 Å². The lowest BCUT2D eigenvalue weighted by Crippen LogP contribution is -2.47. The fourth-order valence-electron chi connectivity index (χ4n) is 2.25. The molecule has 1 aliphatic rings. The summed E-state index contributed by atoms with van der Waals surface area (Å²) in [5.41, 5.74) is 1.70. The highest BCUT2D eigenvalue weighted by atomic mass is 32.1. The van der Waals surface area contributed by atoms with Crippen LogP contribution in [0, 0.1) is 6.92 Å². The van der Waals surface area contributed by atoms with Crippen LogP contribution in [0.1, 0.15) is 30.1 Å². The van der Waals surface area contributed by atoms with Gasteiger partial charge in [-0.1, -0.05) is 5.16 Å². The van der Waals surface area contributed by atoms with Crippen molar-refractivity contribution in [3.05, 3.63) is 29.8 Å². The van der Waals surface area contributed by atoms with E-state index in [0.29, 0.717) is 10.9 Å². The molecule has 8 heteroatoms. The van der Waals surface area contributed by atoms with E-state index in [2.05, 4.69) is 20.2 Å². The third-order valence-corrected chi connectivity index (χ3v) is 4.22. The number of aromatic nitrogens is 2. The molecule has 110 valence electrons. The van der Waals surface area contributed by atoms with E-state index in [1.54, 1.807) is 6.07 Å². The molecular formula is C13H14N4O3S. The molecule has 1 saturated carbocycles. The molecule has 0 aromatic carbocycles. The molecule has 7 nitrogen and oxygen atoms in total. The fourth-order valence-corrected chi connectivity index (χ4v) is 2.91. The zero-order chi connectivity index (χ0) is 14.8. The van der Waals surface area contributed by atoms with E-state index in [-0.39, 0.29) is 6.04 Å². The molecule has 0 atom stereocenters. The van der Waals surface area contributed by atoms with Gasteiger partial charge in [0.1, 0.15) is 11.3 Å². The van der Waals surface area contributed by atoms with Crippen LogP contribution in [0.2, 0.25) is 0 Å². The highest BCUT2D eigenvalue weighted by Gasteiger charge is 2.34. The number of rotatable bonds is 3. The van der Waals surface area contributed by atoms with Crippen molar-refractivity contribution in [1.82, 2.24) is 14.8 Å². The second-order valence-electron chi connectivity index (χ2n) is 5.05. The van der Waals surface area contributed by atoms with Crippen LogP contribution in [0.15, 0.2) is 22.9 Å². The Hall–Kier alpha value is -2.22. The van der Waals surface area contributed by atoms with Crippen LogP contribution in [0.5, 0.6) is 0 Å². The average molecular weight is 306 g/mol. The van der Waals surface area contributed by atoms with Gasteiger partial charge in [0, 0.05) is 18.0 Å². The van der Waals surface area contributed by atoms with Crippen molar-refractivity contribution >= 4 is 28.3 Å². The van der Waals surface area contributed by atoms with Gasteiger partial charge in [0.2, 0.25) is 0 Å². The van der Waals surface area contributed by atoms with Gasteiger partial charge in [0.25, 0.3) is 0 Å². The molecule has 0 aliphatic heterocycles. The van der Waals surface area contributed by atoms with Crippen LogP contribution in [0.4, 0.5) is 5.00 Å². The van der Waals surface area contributed by atoms with Gasteiger partial charge in [-0.3, -0.25) is 9.59 Å². The summed E-state index contributed by atoms with van der Waals surface area (Å²) in [7, 11) is 0. The minimum absolute atomic E-state index is 0.00754. The summed E-state index contributed by atoms with van der Waals surface area (Å²) >= 11 is 1.15. The number of anilines is 1. The topological polar surface area (TPSA) is 97.1 Å². The number of nitrogens with zero attached hydrogens (tertiary/aromatic N) is 2. The summed E-state index contributed by atoms with van der Waals surface area (Å²) in [5.74, 6) is -0.991. The number of hydrogen-bond acceptors (Lipinski definition) is 6. The van der Waals surface area contributed by atoms with Gasteiger partial charge in [-0.25, -0.2) is 0 Å². The first-order valence-corrected chi connectivity index (χ1v) is 7.34. The molecule has 0 saturated heterocycles. The van der Waals surface area contributed by atoms with Crippen molar-refractivity contribution in [2.75, 3.05) is 5.32 Å². The molecule has 0 spiro atoms. The first kappa shape index (κ1) is 13.7. The van der Waals surface area contributed by atoms with Crippen LogP contribution in [-0.2, 0) is 9.59 Å². The van der Waals surface area contributed by atoms with Gasteiger partial charge < -0.3 is 15.2 Å². The molecular weight excluding hydrogens is 292 g/mol. The van der Waals surface area contributed by atoms with Crippen molar-refractivity contribution in [3.63, 3.8) is 0 Å². The van der Waals surface area contributed by atoms with Crippen LogP contribution in [0.3, 0.4) is 0 Å². The summed E-state index contributed by atoms with van der Waals surface area (Å²) in [5, 5.41) is 9.69. The molecule has 0 radical (unpaired) electrons. The van der Waals surface area contributed by atoms with Crippen molar-refractivity contribution in [1.29, 1.82) is 0 Å². The van der Waals surface area contributed by atoms with Crippen LogP contribution >= 0.6 is 11.5 Å². The first-order valence-electron chi connectivity index (χ1n) is 6.57. The summed E-state index contributed by atoms with van der Waals surface area (Å²) in [6, 6.07) is 3.55. The van der Waals surface area contributed by atoms with Gasteiger partial charge >= 0.3 is 11.8 Å². The summed E-state index contributed by atoms with van der Waals surface area (Å²) in [4.78, 5) is 23.5. The molecule has 0 bridgehead atoms. The quantitative estimate of drug-likeness (QED) is 0.836. The molecule has 2 N–H and O–H groups in total. The van der Waals surface area contributed by atoms with Crippen LogP contribution < -0.4 is 10.6 Å². The number of nitrogens with one attached hydrogen (secondary N) is 2. The first-order chi connectivity index (χ1) is 10.1. The standard InChI is InChI=1S/C13H14N4O3S/c1-7-4-11(21-17-7)15-13(19)12(18)14-9-5-8(6-9)10-2-3-20-16-10/h2-4,8-9H,5-6H2,1H3,(H,14,18)(H,15,19). The summed E-state index contributed by atoms with van der Waals surface area (Å²) < 4.78 is 8.82. The van der Waals surface area contributed by atoms with Gasteiger partial charge in [-0.2, -0.15) is 4.37 Å². The normalized spacial score (nSPS) is 20.6. The van der Waals surface area contributed by atoms with Gasteiger partial charge in [-0.05, 0) is 37.4 Å². The lowest BCUT2D eigenvalue weighted by atomic mass is 9.78. The Morgan fingerprint density at radius 2 is 2.19 bits per heavy atom. The van der Waals surface area contributed by atoms with E-state index >= 15 is 0 Å². The summed E-state index contributed by atoms with van der Waals surface area (Å²) in [6.45, 7) is 1.82. The molecule has 21 heavy (non-hydrogen) atoms. The Bertz CT molecular complexity index is 646. The number of aryl methyl sites for hydroxylation is 1. The average Bonchev–Trinajstić information content (AvgIpc) is 3.04. The molecule has 2 heterocycles. The molecule has 2 amide bonds.